The molecule has 6 aromatic heterocycles. The first kappa shape index (κ1) is 68.0. The number of pyridine rings is 6. The van der Waals surface area contributed by atoms with Crippen LogP contribution in [0.5, 0.6) is 0 Å². The lowest BCUT2D eigenvalue weighted by atomic mass is 9.80. The van der Waals surface area contributed by atoms with E-state index < -0.39 is 34.7 Å². The predicted octanol–water partition coefficient (Wildman–Crippen LogP) is 11.5. The second-order valence-electron chi connectivity index (χ2n) is 26.5. The Balaban J connectivity index is 0.000000170. The molecule has 0 radical (unpaired) electrons. The second kappa shape index (κ2) is 27.9. The molecule has 1 saturated heterocycles. The molecule has 4 aliphatic rings. The van der Waals surface area contributed by atoms with Gasteiger partial charge in [-0.3, -0.25) is 29.7 Å². The van der Waals surface area contributed by atoms with E-state index in [1.807, 2.05) is 43.0 Å². The van der Waals surface area contributed by atoms with Gasteiger partial charge in [0.2, 0.25) is 0 Å². The summed E-state index contributed by atoms with van der Waals surface area (Å²) < 4.78 is 25.8. The summed E-state index contributed by atoms with van der Waals surface area (Å²) in [6, 6.07) is 10.8. The summed E-state index contributed by atoms with van der Waals surface area (Å²) in [6.07, 6.45) is 21.3. The Labute approximate surface area is 524 Å². The minimum Gasteiger partial charge on any atom is -0.413 e. The molecule has 87 heavy (non-hydrogen) atoms. The number of nitrogens with zero attached hydrogens (tertiary/aromatic N) is 9. The van der Waals surface area contributed by atoms with Crippen molar-refractivity contribution in [2.45, 2.75) is 175 Å². The van der Waals surface area contributed by atoms with Crippen LogP contribution in [-0.4, -0.2) is 108 Å². The number of aromatic nitrogens is 6. The SMILES string of the molecule is CC(C)(C)[Si](C)(C)OCc1cncc(-c2cnc3c(c2)CCCN3C(N)=O)c1.CC1(C)OB(c2cncc(CO[Si](C)(C)C(C)(C)C)c2)OC1(C)C.NC(=O)N1CCCc2cc(-c3cncc(CO)c3)cnc21.NC(=O)N1CCCc2cc(Br)cnc21. The lowest BCUT2D eigenvalue weighted by molar-refractivity contribution is 0.00578. The van der Waals surface area contributed by atoms with Crippen molar-refractivity contribution in [2.24, 2.45) is 17.2 Å². The number of anilines is 3. The minimum atomic E-state index is -1.81. The first-order chi connectivity index (χ1) is 40.7. The van der Waals surface area contributed by atoms with Crippen molar-refractivity contribution >= 4 is 80.7 Å². The molecule has 10 heterocycles. The summed E-state index contributed by atoms with van der Waals surface area (Å²) in [5.74, 6) is 2.02. The molecule has 20 nitrogen and oxygen atoms in total. The molecular weight excluding hydrogens is 1200 g/mol. The lowest BCUT2D eigenvalue weighted by Crippen LogP contribution is -2.41. The van der Waals surface area contributed by atoms with Crippen molar-refractivity contribution in [3.63, 3.8) is 0 Å². The Morgan fingerprint density at radius 2 is 0.908 bits per heavy atom. The Bertz CT molecular complexity index is 3400. The molecule has 7 N–H and O–H groups in total. The Morgan fingerprint density at radius 1 is 0.552 bits per heavy atom. The van der Waals surface area contributed by atoms with Crippen LogP contribution in [0.3, 0.4) is 0 Å². The fourth-order valence-electron chi connectivity index (χ4n) is 9.43. The molecule has 6 aromatic rings. The maximum absolute atomic E-state index is 11.6. The van der Waals surface area contributed by atoms with Gasteiger partial charge in [-0.1, -0.05) is 47.6 Å². The molecule has 0 saturated carbocycles. The number of urea groups is 3. The minimum absolute atomic E-state index is 0.0470. The van der Waals surface area contributed by atoms with E-state index in [2.05, 4.69) is 159 Å². The summed E-state index contributed by atoms with van der Waals surface area (Å²) in [5, 5.41) is 9.55. The number of hydrogen-bond acceptors (Lipinski definition) is 14. The van der Waals surface area contributed by atoms with Gasteiger partial charge in [-0.05, 0) is 182 Å². The van der Waals surface area contributed by atoms with Crippen LogP contribution in [0.4, 0.5) is 31.8 Å². The average Bonchev–Trinajstić information content (AvgIpc) is 2.22. The highest BCUT2D eigenvalue weighted by molar-refractivity contribution is 9.10. The number of amides is 6. The van der Waals surface area contributed by atoms with Crippen molar-refractivity contribution in [3.05, 3.63) is 130 Å². The molecule has 4 aliphatic heterocycles. The van der Waals surface area contributed by atoms with Gasteiger partial charge in [0.15, 0.2) is 16.6 Å². The van der Waals surface area contributed by atoms with E-state index in [0.29, 0.717) is 50.3 Å². The van der Waals surface area contributed by atoms with E-state index in [4.69, 9.17) is 35.4 Å². The second-order valence-corrected chi connectivity index (χ2v) is 37.0. The molecule has 0 bridgehead atoms. The predicted molar refractivity (Wildman–Crippen MR) is 352 cm³/mol. The summed E-state index contributed by atoms with van der Waals surface area (Å²) in [7, 11) is -3.96. The van der Waals surface area contributed by atoms with Gasteiger partial charge in [-0.2, -0.15) is 0 Å². The van der Waals surface area contributed by atoms with Gasteiger partial charge in [0.05, 0.1) is 31.0 Å². The maximum atomic E-state index is 11.6. The third-order valence-corrected chi connectivity index (χ3v) is 26.8. The number of rotatable bonds is 10. The van der Waals surface area contributed by atoms with Crippen LogP contribution in [0.15, 0.2) is 96.6 Å². The smallest absolute Gasteiger partial charge is 0.413 e. The van der Waals surface area contributed by atoms with E-state index in [-0.39, 0.29) is 35.0 Å². The number of hydrogen-bond donors (Lipinski definition) is 4. The van der Waals surface area contributed by atoms with E-state index in [1.54, 1.807) is 35.9 Å². The van der Waals surface area contributed by atoms with Crippen LogP contribution in [0.2, 0.25) is 36.3 Å². The number of primary amides is 3. The molecular formula is C63H88BBrN12O8Si2. The van der Waals surface area contributed by atoms with Crippen molar-refractivity contribution in [2.75, 3.05) is 34.3 Å². The lowest BCUT2D eigenvalue weighted by Gasteiger charge is -2.36. The normalized spacial score (nSPS) is 16.1. The molecule has 10 rings (SSSR count). The third-order valence-electron chi connectivity index (χ3n) is 17.4. The number of halogens is 1. The Hall–Kier alpha value is -6.51. The molecule has 1 fully saturated rings. The zero-order chi connectivity index (χ0) is 63.9. The average molecular weight is 1290 g/mol. The third kappa shape index (κ3) is 17.0. The van der Waals surface area contributed by atoms with Crippen LogP contribution in [0.1, 0.15) is 122 Å². The van der Waals surface area contributed by atoms with Crippen LogP contribution < -0.4 is 37.4 Å². The summed E-state index contributed by atoms with van der Waals surface area (Å²) in [5.41, 5.74) is 26.2. The first-order valence-corrected chi connectivity index (χ1v) is 36.2. The fraction of sp³-hybridized carbons (Fsp3) is 0.476. The molecule has 0 unspecified atom stereocenters. The molecule has 0 spiro atoms. The van der Waals surface area contributed by atoms with E-state index in [0.717, 1.165) is 104 Å². The van der Waals surface area contributed by atoms with Crippen LogP contribution >= 0.6 is 15.9 Å². The largest absolute Gasteiger partial charge is 0.496 e. The standard InChI is InChI=1S/C21H30N4O2Si.C18H32BNO3Si.C15H16N4O2.C9H10BrN3O/c1-21(2,3)28(4,5)27-14-15-9-17(12-23-11-15)18-10-16-7-6-8-25(20(22)26)19(16)24-13-18;1-16(2,3)24(8,9)21-13-14-10-15(12-20-11-14)19-22-17(4,5)18(6,7)23-19;16-15(21)19-3-1-2-11-5-13(8-18-14(11)19)12-4-10(9-20)6-17-7-12;10-7-4-6-2-1-3-13(9(11)14)8(6)12-5-7/h9-13H,6-8,14H2,1-5H3,(H2,22,26);10-12H,13H2,1-9H3;4-8,20H,1-3,9H2,(H2,16,21);4-5H,1-3H2,(H2,11,14). The maximum Gasteiger partial charge on any atom is 0.496 e. The monoisotopic (exact) mass is 1290 g/mol. The van der Waals surface area contributed by atoms with Crippen molar-refractivity contribution in [3.8, 4) is 22.3 Å². The van der Waals surface area contributed by atoms with Gasteiger partial charge in [0.1, 0.15) is 17.5 Å². The van der Waals surface area contributed by atoms with Crippen molar-refractivity contribution < 1.29 is 37.7 Å². The first-order valence-electron chi connectivity index (χ1n) is 29.6. The Kier molecular flexibility index (Phi) is 21.8. The molecule has 0 atom stereocenters. The number of aryl methyl sites for hydroxylation is 3. The van der Waals surface area contributed by atoms with Gasteiger partial charge in [0.25, 0.3) is 0 Å². The fourth-order valence-corrected chi connectivity index (χ4v) is 11.7. The molecule has 24 heteroatoms. The van der Waals surface area contributed by atoms with Crippen LogP contribution in [0.25, 0.3) is 22.3 Å². The molecule has 0 aliphatic carbocycles. The van der Waals surface area contributed by atoms with E-state index in [9.17, 15) is 19.5 Å². The quantitative estimate of drug-likeness (QED) is 0.0929. The Morgan fingerprint density at radius 3 is 1.31 bits per heavy atom. The zero-order valence-electron chi connectivity index (χ0n) is 53.2. The zero-order valence-corrected chi connectivity index (χ0v) is 56.7. The van der Waals surface area contributed by atoms with Gasteiger partial charge in [-0.15, -0.1) is 0 Å². The number of aliphatic hydroxyl groups is 1. The number of fused-ring (bicyclic) bond motifs is 3. The number of aliphatic hydroxyl groups excluding tert-OH is 1. The molecule has 466 valence electrons. The summed E-state index contributed by atoms with van der Waals surface area (Å²) in [4.78, 5) is 64.7. The number of nitrogens with two attached hydrogens (primary N) is 3. The number of carbonyl (C=O) groups excluding carboxylic acids is 3. The molecule has 0 aromatic carbocycles. The van der Waals surface area contributed by atoms with E-state index in [1.165, 1.54) is 9.80 Å². The number of carbonyl (C=O) groups is 3. The molecule has 6 amide bonds. The highest BCUT2D eigenvalue weighted by atomic mass is 79.9. The van der Waals surface area contributed by atoms with Gasteiger partial charge >= 0.3 is 25.2 Å². The van der Waals surface area contributed by atoms with Crippen LogP contribution in [-0.2, 0) is 57.2 Å². The van der Waals surface area contributed by atoms with Gasteiger partial charge in [0, 0.05) is 108 Å². The summed E-state index contributed by atoms with van der Waals surface area (Å²) in [6.45, 7) is 33.7. The highest BCUT2D eigenvalue weighted by Crippen LogP contribution is 2.40. The van der Waals surface area contributed by atoms with Gasteiger partial charge < -0.3 is 40.5 Å². The van der Waals surface area contributed by atoms with Crippen molar-refractivity contribution in [1.29, 1.82) is 0 Å². The summed E-state index contributed by atoms with van der Waals surface area (Å²) >= 11 is 3.35. The van der Waals surface area contributed by atoms with Gasteiger partial charge in [-0.25, -0.2) is 29.3 Å². The van der Waals surface area contributed by atoms with E-state index >= 15 is 0 Å². The highest BCUT2D eigenvalue weighted by Gasteiger charge is 2.52. The van der Waals surface area contributed by atoms with Crippen LogP contribution in [0, 0.1) is 0 Å². The topological polar surface area (TPSA) is 273 Å². The van der Waals surface area contributed by atoms with Crippen molar-refractivity contribution in [1.82, 2.24) is 29.9 Å².